The van der Waals surface area contributed by atoms with E-state index in [-0.39, 0.29) is 42.4 Å². The molecule has 2 saturated heterocycles. The lowest BCUT2D eigenvalue weighted by Gasteiger charge is -2.44. The number of halogens is 1. The molecule has 1 amide bonds. The number of amides is 1. The second kappa shape index (κ2) is 14.3. The van der Waals surface area contributed by atoms with Crippen molar-refractivity contribution in [3.63, 3.8) is 0 Å². The smallest absolute Gasteiger partial charge is 0.248 e. The van der Waals surface area contributed by atoms with Crippen LogP contribution in [0.3, 0.4) is 0 Å². The van der Waals surface area contributed by atoms with Crippen LogP contribution < -0.4 is 4.74 Å². The van der Waals surface area contributed by atoms with Crippen LogP contribution in [0.25, 0.3) is 0 Å². The Bertz CT molecular complexity index is 1280. The Balaban J connectivity index is 1.27. The summed E-state index contributed by atoms with van der Waals surface area (Å²) in [7, 11) is 1.48. The summed E-state index contributed by atoms with van der Waals surface area (Å²) in [6.45, 7) is 8.88. The zero-order valence-corrected chi connectivity index (χ0v) is 26.3. The van der Waals surface area contributed by atoms with Gasteiger partial charge in [-0.1, -0.05) is 12.1 Å². The Labute approximate surface area is 250 Å². The van der Waals surface area contributed by atoms with Crippen LogP contribution in [0.1, 0.15) is 35.6 Å². The van der Waals surface area contributed by atoms with E-state index in [1.807, 2.05) is 17.0 Å². The highest BCUT2D eigenvalue weighted by Crippen LogP contribution is 2.36. The van der Waals surface area contributed by atoms with Gasteiger partial charge in [0.2, 0.25) is 15.9 Å². The maximum Gasteiger partial charge on any atom is 0.248 e. The highest BCUT2D eigenvalue weighted by Gasteiger charge is 2.34. The Morgan fingerprint density at radius 3 is 2.19 bits per heavy atom. The number of likely N-dealkylation sites (N-methyl/N-ethyl adjacent to an activating group) is 2. The lowest BCUT2D eigenvalue weighted by atomic mass is 9.84. The third kappa shape index (κ3) is 7.68. The molecule has 1 unspecified atom stereocenters. The summed E-state index contributed by atoms with van der Waals surface area (Å²) in [6.07, 6.45) is 1.73. The molecule has 4 rings (SSSR count). The molecule has 2 aromatic rings. The zero-order chi connectivity index (χ0) is 30.4. The first-order valence-electron chi connectivity index (χ1n) is 14.7. The first-order chi connectivity index (χ1) is 20.0. The maximum absolute atomic E-state index is 13.7. The predicted octanol–water partition coefficient (Wildman–Crippen LogP) is 3.32. The van der Waals surface area contributed by atoms with Gasteiger partial charge in [0, 0.05) is 58.9 Å². The van der Waals surface area contributed by atoms with Crippen molar-refractivity contribution in [3.8, 4) is 5.75 Å². The molecule has 232 valence electrons. The van der Waals surface area contributed by atoms with Gasteiger partial charge < -0.3 is 19.3 Å². The molecule has 0 N–H and O–H groups in total. The van der Waals surface area contributed by atoms with Gasteiger partial charge in [0.25, 0.3) is 0 Å². The summed E-state index contributed by atoms with van der Waals surface area (Å²) >= 11 is 0. The van der Waals surface area contributed by atoms with Crippen LogP contribution in [0.4, 0.5) is 4.39 Å². The number of hydrogen-bond acceptors (Lipinski definition) is 7. The van der Waals surface area contributed by atoms with Gasteiger partial charge in [-0.05, 0) is 80.6 Å². The van der Waals surface area contributed by atoms with Gasteiger partial charge in [0.05, 0.1) is 18.6 Å². The van der Waals surface area contributed by atoms with Crippen molar-refractivity contribution in [1.82, 2.24) is 19.0 Å². The second-order valence-corrected chi connectivity index (χ2v) is 13.5. The minimum atomic E-state index is -3.72. The van der Waals surface area contributed by atoms with E-state index in [0.717, 1.165) is 44.6 Å². The molecule has 2 fully saturated rings. The minimum Gasteiger partial charge on any atom is -0.497 e. The van der Waals surface area contributed by atoms with E-state index in [1.165, 1.54) is 23.5 Å². The number of carbonyl (C=O) groups excluding carboxylic acids is 1. The fourth-order valence-electron chi connectivity index (χ4n) is 6.16. The number of likely N-dealkylation sites (tertiary alicyclic amines) is 1. The maximum atomic E-state index is 13.7. The van der Waals surface area contributed by atoms with Gasteiger partial charge in [-0.2, -0.15) is 4.31 Å². The fraction of sp³-hybridized carbons (Fsp3) is 0.581. The Kier molecular flexibility index (Phi) is 11.0. The zero-order valence-electron chi connectivity index (χ0n) is 25.5. The third-order valence-corrected chi connectivity index (χ3v) is 10.8. The van der Waals surface area contributed by atoms with E-state index in [9.17, 15) is 17.6 Å². The van der Waals surface area contributed by atoms with E-state index in [2.05, 4.69) is 16.8 Å². The molecule has 0 spiro atoms. The topological polar surface area (TPSA) is 82.6 Å². The fourth-order valence-corrected chi connectivity index (χ4v) is 7.72. The Morgan fingerprint density at radius 1 is 1.02 bits per heavy atom. The van der Waals surface area contributed by atoms with E-state index < -0.39 is 10.0 Å². The van der Waals surface area contributed by atoms with Crippen LogP contribution in [0.15, 0.2) is 41.3 Å². The van der Waals surface area contributed by atoms with Crippen molar-refractivity contribution >= 4 is 15.9 Å². The molecule has 2 aliphatic rings. The molecule has 0 bridgehead atoms. The standard InChI is InChI=1S/C31H45FN4O5S/c1-23-20-28(40-5)21-24(2)31(23)42(38,39)34(4)18-19-41-22-29(37)35-12-10-26(11-13-35)30(25-6-8-27(32)9-7-25)36-16-14-33(3)15-17-36/h6-9,20-21,26,30H,10-19,22H2,1-5H3. The first kappa shape index (κ1) is 32.3. The summed E-state index contributed by atoms with van der Waals surface area (Å²) in [6, 6.07) is 10.5. The molecular formula is C31H45FN4O5S. The van der Waals surface area contributed by atoms with Crippen LogP contribution in [0.2, 0.25) is 0 Å². The number of ether oxygens (including phenoxy) is 2. The van der Waals surface area contributed by atoms with Gasteiger partial charge in [-0.15, -0.1) is 0 Å². The summed E-state index contributed by atoms with van der Waals surface area (Å²) in [4.78, 5) is 19.9. The molecule has 0 aromatic heterocycles. The van der Waals surface area contributed by atoms with Crippen LogP contribution >= 0.6 is 0 Å². The van der Waals surface area contributed by atoms with Crippen molar-refractivity contribution in [3.05, 3.63) is 58.9 Å². The van der Waals surface area contributed by atoms with Crippen molar-refractivity contribution in [2.45, 2.75) is 37.6 Å². The number of nitrogens with zero attached hydrogens (tertiary/aromatic N) is 4. The molecule has 0 radical (unpaired) electrons. The monoisotopic (exact) mass is 604 g/mol. The molecule has 1 atom stereocenters. The quantitative estimate of drug-likeness (QED) is 0.364. The van der Waals surface area contributed by atoms with E-state index in [4.69, 9.17) is 9.47 Å². The normalized spacial score (nSPS) is 18.4. The molecular weight excluding hydrogens is 559 g/mol. The molecule has 0 saturated carbocycles. The number of sulfonamides is 1. The lowest BCUT2D eigenvalue weighted by molar-refractivity contribution is -0.138. The van der Waals surface area contributed by atoms with E-state index in [1.54, 1.807) is 33.1 Å². The number of benzene rings is 2. The molecule has 42 heavy (non-hydrogen) atoms. The first-order valence-corrected chi connectivity index (χ1v) is 16.1. The highest BCUT2D eigenvalue weighted by atomic mass is 32.2. The van der Waals surface area contributed by atoms with Crippen LogP contribution in [-0.4, -0.2) is 114 Å². The average molecular weight is 605 g/mol. The largest absolute Gasteiger partial charge is 0.497 e. The SMILES string of the molecule is COc1cc(C)c(S(=O)(=O)N(C)CCOCC(=O)N2CCC(C(c3ccc(F)cc3)N3CCN(C)CC3)CC2)c(C)c1. The molecule has 9 nitrogen and oxygen atoms in total. The summed E-state index contributed by atoms with van der Waals surface area (Å²) in [5.74, 6) is 0.667. The molecule has 0 aliphatic carbocycles. The van der Waals surface area contributed by atoms with Gasteiger partial charge in [-0.25, -0.2) is 12.8 Å². The Morgan fingerprint density at radius 2 is 1.62 bits per heavy atom. The number of hydrogen-bond donors (Lipinski definition) is 0. The molecule has 11 heteroatoms. The number of rotatable bonds is 11. The summed E-state index contributed by atoms with van der Waals surface area (Å²) in [5, 5.41) is 0. The Hall–Kier alpha value is -2.57. The number of methoxy groups -OCH3 is 1. The van der Waals surface area contributed by atoms with Crippen molar-refractivity contribution in [2.24, 2.45) is 5.92 Å². The number of carbonyl (C=O) groups is 1. The van der Waals surface area contributed by atoms with Crippen LogP contribution in [-0.2, 0) is 19.6 Å². The van der Waals surface area contributed by atoms with Crippen molar-refractivity contribution in [2.75, 3.05) is 80.2 Å². The summed E-state index contributed by atoms with van der Waals surface area (Å²) in [5.41, 5.74) is 2.37. The number of piperazine rings is 1. The van der Waals surface area contributed by atoms with E-state index >= 15 is 0 Å². The molecule has 2 heterocycles. The average Bonchev–Trinajstić information content (AvgIpc) is 2.97. The summed E-state index contributed by atoms with van der Waals surface area (Å²) < 4.78 is 52.3. The highest BCUT2D eigenvalue weighted by molar-refractivity contribution is 7.89. The third-order valence-electron chi connectivity index (χ3n) is 8.60. The number of piperidine rings is 1. The van der Waals surface area contributed by atoms with Crippen molar-refractivity contribution in [1.29, 1.82) is 0 Å². The van der Waals surface area contributed by atoms with Crippen LogP contribution in [0, 0.1) is 25.6 Å². The van der Waals surface area contributed by atoms with Gasteiger partial charge in [0.15, 0.2) is 0 Å². The predicted molar refractivity (Wildman–Crippen MR) is 161 cm³/mol. The lowest BCUT2D eigenvalue weighted by Crippen LogP contribution is -2.49. The van der Waals surface area contributed by atoms with Gasteiger partial charge in [0.1, 0.15) is 18.2 Å². The van der Waals surface area contributed by atoms with Crippen molar-refractivity contribution < 1.29 is 27.1 Å². The van der Waals surface area contributed by atoms with Crippen LogP contribution in [0.5, 0.6) is 5.75 Å². The number of aryl methyl sites for hydroxylation is 2. The van der Waals surface area contributed by atoms with Gasteiger partial charge >= 0.3 is 0 Å². The van der Waals surface area contributed by atoms with Gasteiger partial charge in [-0.3, -0.25) is 9.69 Å². The van der Waals surface area contributed by atoms with E-state index in [0.29, 0.717) is 35.9 Å². The molecule has 2 aliphatic heterocycles. The second-order valence-electron chi connectivity index (χ2n) is 11.5. The molecule has 2 aromatic carbocycles. The minimum absolute atomic E-state index is 0.0843.